The molecule has 0 unspecified atom stereocenters. The van der Waals surface area contributed by atoms with Crippen LogP contribution in [-0.2, 0) is 7.05 Å². The Hall–Kier alpha value is -3.43. The average molecular weight is 382 g/mol. The van der Waals surface area contributed by atoms with Crippen LogP contribution in [0.15, 0.2) is 30.9 Å². The number of aryl methyl sites for hydroxylation is 2. The maximum absolute atomic E-state index is 12.8. The summed E-state index contributed by atoms with van der Waals surface area (Å²) in [5, 5.41) is 8.55. The van der Waals surface area contributed by atoms with Crippen LogP contribution in [0.5, 0.6) is 5.88 Å². The SMILES string of the molecule is COc1nn(C)cc1C(=O)N1CCN(c2cc(-n3ccc(C)n3)ncn2)CC1. The molecule has 1 amide bonds. The van der Waals surface area contributed by atoms with Crippen LogP contribution in [0.3, 0.4) is 0 Å². The molecule has 10 heteroatoms. The van der Waals surface area contributed by atoms with Gasteiger partial charge in [0, 0.05) is 51.7 Å². The summed E-state index contributed by atoms with van der Waals surface area (Å²) in [5.41, 5.74) is 1.41. The van der Waals surface area contributed by atoms with Gasteiger partial charge < -0.3 is 14.5 Å². The molecule has 0 spiro atoms. The summed E-state index contributed by atoms with van der Waals surface area (Å²) in [6.45, 7) is 4.49. The highest BCUT2D eigenvalue weighted by Crippen LogP contribution is 2.20. The van der Waals surface area contributed by atoms with E-state index in [2.05, 4.69) is 25.1 Å². The molecular formula is C18H22N8O2. The van der Waals surface area contributed by atoms with E-state index in [1.807, 2.05) is 30.2 Å². The summed E-state index contributed by atoms with van der Waals surface area (Å²) in [6, 6.07) is 3.84. The first-order valence-corrected chi connectivity index (χ1v) is 9.01. The number of nitrogens with zero attached hydrogens (tertiary/aromatic N) is 8. The standard InChI is InChI=1S/C18H22N8O2/c1-13-4-5-26(21-13)16-10-15(19-12-20-16)24-6-8-25(9-7-24)18(27)14-11-23(2)22-17(14)28-3/h4-5,10-12H,6-9H2,1-3H3. The summed E-state index contributed by atoms with van der Waals surface area (Å²) >= 11 is 0. The minimum absolute atomic E-state index is 0.0695. The molecule has 3 aromatic rings. The van der Waals surface area contributed by atoms with Crippen LogP contribution in [0.25, 0.3) is 5.82 Å². The Bertz CT molecular complexity index is 987. The van der Waals surface area contributed by atoms with Gasteiger partial charge >= 0.3 is 0 Å². The van der Waals surface area contributed by atoms with Gasteiger partial charge in [0.25, 0.3) is 5.91 Å². The van der Waals surface area contributed by atoms with Crippen LogP contribution in [0.4, 0.5) is 5.82 Å². The van der Waals surface area contributed by atoms with Crippen LogP contribution in [-0.4, -0.2) is 73.6 Å². The summed E-state index contributed by atoms with van der Waals surface area (Å²) in [7, 11) is 3.29. The van der Waals surface area contributed by atoms with Gasteiger partial charge in [-0.1, -0.05) is 0 Å². The fourth-order valence-electron chi connectivity index (χ4n) is 3.25. The van der Waals surface area contributed by atoms with Gasteiger partial charge in [0.1, 0.15) is 17.7 Å². The largest absolute Gasteiger partial charge is 0.479 e. The van der Waals surface area contributed by atoms with Crippen molar-refractivity contribution in [3.05, 3.63) is 42.1 Å². The lowest BCUT2D eigenvalue weighted by molar-refractivity contribution is 0.0743. The van der Waals surface area contributed by atoms with E-state index < -0.39 is 0 Å². The summed E-state index contributed by atoms with van der Waals surface area (Å²) in [6.07, 6.45) is 5.11. The first-order valence-electron chi connectivity index (χ1n) is 9.01. The van der Waals surface area contributed by atoms with Crippen LogP contribution >= 0.6 is 0 Å². The highest BCUT2D eigenvalue weighted by molar-refractivity contribution is 5.96. The number of hydrogen-bond acceptors (Lipinski definition) is 7. The van der Waals surface area contributed by atoms with Gasteiger partial charge in [0.2, 0.25) is 5.88 Å². The van der Waals surface area contributed by atoms with Gasteiger partial charge in [-0.3, -0.25) is 9.48 Å². The first-order chi connectivity index (χ1) is 13.5. The van der Waals surface area contributed by atoms with E-state index in [-0.39, 0.29) is 5.91 Å². The molecule has 0 radical (unpaired) electrons. The predicted molar refractivity (Wildman–Crippen MR) is 102 cm³/mol. The quantitative estimate of drug-likeness (QED) is 0.655. The second-order valence-electron chi connectivity index (χ2n) is 6.64. The van der Waals surface area contributed by atoms with Crippen LogP contribution < -0.4 is 9.64 Å². The molecule has 0 N–H and O–H groups in total. The van der Waals surface area contributed by atoms with Crippen molar-refractivity contribution < 1.29 is 9.53 Å². The molecule has 1 aliphatic heterocycles. The molecule has 28 heavy (non-hydrogen) atoms. The van der Waals surface area contributed by atoms with E-state index in [9.17, 15) is 4.79 Å². The van der Waals surface area contributed by atoms with Crippen molar-refractivity contribution in [1.29, 1.82) is 0 Å². The molecule has 1 saturated heterocycles. The Morgan fingerprint density at radius 3 is 2.54 bits per heavy atom. The number of rotatable bonds is 4. The van der Waals surface area contributed by atoms with E-state index in [1.165, 1.54) is 7.11 Å². The molecule has 0 bridgehead atoms. The third-order valence-electron chi connectivity index (χ3n) is 4.70. The van der Waals surface area contributed by atoms with Crippen molar-refractivity contribution in [1.82, 2.24) is 34.4 Å². The van der Waals surface area contributed by atoms with E-state index in [4.69, 9.17) is 4.74 Å². The van der Waals surface area contributed by atoms with Crippen LogP contribution in [0.1, 0.15) is 16.1 Å². The molecular weight excluding hydrogens is 360 g/mol. The highest BCUT2D eigenvalue weighted by Gasteiger charge is 2.26. The van der Waals surface area contributed by atoms with E-state index in [1.54, 1.807) is 28.9 Å². The molecule has 10 nitrogen and oxygen atoms in total. The highest BCUT2D eigenvalue weighted by atomic mass is 16.5. The average Bonchev–Trinajstić information content (AvgIpc) is 3.33. The van der Waals surface area contributed by atoms with Gasteiger partial charge in [-0.05, 0) is 13.0 Å². The lowest BCUT2D eigenvalue weighted by Gasteiger charge is -2.35. The van der Waals surface area contributed by atoms with Crippen molar-refractivity contribution in [2.45, 2.75) is 6.92 Å². The van der Waals surface area contributed by atoms with Gasteiger partial charge in [-0.2, -0.15) is 5.10 Å². The Balaban J connectivity index is 1.45. The van der Waals surface area contributed by atoms with Crippen molar-refractivity contribution >= 4 is 11.7 Å². The van der Waals surface area contributed by atoms with Crippen molar-refractivity contribution in [3.8, 4) is 11.7 Å². The Labute approximate surface area is 162 Å². The molecule has 0 saturated carbocycles. The van der Waals surface area contributed by atoms with E-state index >= 15 is 0 Å². The van der Waals surface area contributed by atoms with Crippen LogP contribution in [0, 0.1) is 6.92 Å². The van der Waals surface area contributed by atoms with Gasteiger partial charge in [-0.15, -0.1) is 5.10 Å². The first kappa shape index (κ1) is 18.0. The number of carbonyl (C=O) groups is 1. The number of methoxy groups -OCH3 is 1. The molecule has 0 aromatic carbocycles. The van der Waals surface area contributed by atoms with Crippen molar-refractivity contribution in [3.63, 3.8) is 0 Å². The number of aromatic nitrogens is 6. The predicted octanol–water partition coefficient (Wildman–Crippen LogP) is 0.675. The topological polar surface area (TPSA) is 94.2 Å². The summed E-state index contributed by atoms with van der Waals surface area (Å²) < 4.78 is 8.53. The lowest BCUT2D eigenvalue weighted by atomic mass is 10.2. The zero-order valence-corrected chi connectivity index (χ0v) is 16.1. The molecule has 146 valence electrons. The zero-order chi connectivity index (χ0) is 19.7. The number of carbonyl (C=O) groups excluding carboxylic acids is 1. The summed E-state index contributed by atoms with van der Waals surface area (Å²) in [5.74, 6) is 1.82. The second kappa shape index (κ2) is 7.29. The molecule has 1 fully saturated rings. The van der Waals surface area contributed by atoms with Gasteiger partial charge in [0.05, 0.1) is 12.8 Å². The number of ether oxygens (including phenoxy) is 1. The molecule has 3 aromatic heterocycles. The smallest absolute Gasteiger partial charge is 0.261 e. The number of piperazine rings is 1. The zero-order valence-electron chi connectivity index (χ0n) is 16.1. The monoisotopic (exact) mass is 382 g/mol. The third-order valence-corrected chi connectivity index (χ3v) is 4.70. The van der Waals surface area contributed by atoms with Crippen molar-refractivity contribution in [2.24, 2.45) is 7.05 Å². The lowest BCUT2D eigenvalue weighted by Crippen LogP contribution is -2.49. The maximum atomic E-state index is 12.8. The number of amides is 1. The van der Waals surface area contributed by atoms with Gasteiger partial charge in [-0.25, -0.2) is 14.6 Å². The molecule has 1 aliphatic rings. The minimum atomic E-state index is -0.0695. The van der Waals surface area contributed by atoms with E-state index in [0.29, 0.717) is 37.6 Å². The molecule has 4 rings (SSSR count). The number of hydrogen-bond donors (Lipinski definition) is 0. The molecule has 0 aliphatic carbocycles. The third kappa shape index (κ3) is 3.40. The van der Waals surface area contributed by atoms with Crippen molar-refractivity contribution in [2.75, 3.05) is 38.2 Å². The van der Waals surface area contributed by atoms with Gasteiger partial charge in [0.15, 0.2) is 5.82 Å². The normalized spacial score (nSPS) is 14.4. The number of anilines is 1. The summed E-state index contributed by atoms with van der Waals surface area (Å²) in [4.78, 5) is 25.5. The van der Waals surface area contributed by atoms with Crippen LogP contribution in [0.2, 0.25) is 0 Å². The maximum Gasteiger partial charge on any atom is 0.261 e. The Morgan fingerprint density at radius 2 is 1.86 bits per heavy atom. The molecule has 0 atom stereocenters. The Morgan fingerprint density at radius 1 is 1.11 bits per heavy atom. The second-order valence-corrected chi connectivity index (χ2v) is 6.64. The fourth-order valence-corrected chi connectivity index (χ4v) is 3.25. The fraction of sp³-hybridized carbons (Fsp3) is 0.389. The minimum Gasteiger partial charge on any atom is -0.479 e. The van der Waals surface area contributed by atoms with E-state index in [0.717, 1.165) is 17.3 Å². The molecule has 4 heterocycles. The Kier molecular flexibility index (Phi) is 4.68.